The first-order valence-corrected chi connectivity index (χ1v) is 4.18. The van der Waals surface area contributed by atoms with Gasteiger partial charge in [-0.1, -0.05) is 0 Å². The van der Waals surface area contributed by atoms with E-state index in [9.17, 15) is 0 Å². The number of pyridine rings is 1. The van der Waals surface area contributed by atoms with E-state index in [-0.39, 0.29) is 0 Å². The Labute approximate surface area is 81.4 Å². The number of aromatic nitrogens is 3. The Morgan fingerprint density at radius 3 is 3.00 bits per heavy atom. The molecule has 0 aliphatic rings. The average Bonchev–Trinajstić information content (AvgIpc) is 2.65. The van der Waals surface area contributed by atoms with Crippen LogP contribution in [0.2, 0.25) is 0 Å². The summed E-state index contributed by atoms with van der Waals surface area (Å²) in [4.78, 5) is 3.96. The number of hydrogen-bond acceptors (Lipinski definition) is 3. The maximum Gasteiger partial charge on any atom is 0.166 e. The lowest BCUT2D eigenvalue weighted by Crippen LogP contribution is -1.99. The van der Waals surface area contributed by atoms with Gasteiger partial charge in [0.25, 0.3) is 0 Å². The van der Waals surface area contributed by atoms with Crippen molar-refractivity contribution in [2.24, 2.45) is 0 Å². The molecule has 0 unspecified atom stereocenters. The normalized spacial score (nSPS) is 9.71. The van der Waals surface area contributed by atoms with Gasteiger partial charge >= 0.3 is 0 Å². The summed E-state index contributed by atoms with van der Waals surface area (Å²) in [6, 6.07) is 5.63. The fourth-order valence-electron chi connectivity index (χ4n) is 1.21. The van der Waals surface area contributed by atoms with Gasteiger partial charge in [0, 0.05) is 12.4 Å². The molecule has 0 spiro atoms. The molecule has 0 radical (unpaired) electrons. The second kappa shape index (κ2) is 3.30. The van der Waals surface area contributed by atoms with E-state index in [1.165, 1.54) is 0 Å². The number of hydrogen-bond donors (Lipinski definition) is 0. The number of rotatable bonds is 1. The quantitative estimate of drug-likeness (QED) is 0.674. The predicted octanol–water partition coefficient (Wildman–Crippen LogP) is 1.45. The topological polar surface area (TPSA) is 54.5 Å². The van der Waals surface area contributed by atoms with Gasteiger partial charge in [-0.25, -0.2) is 9.67 Å². The molecule has 2 heterocycles. The molecule has 0 bridgehead atoms. The Morgan fingerprint density at radius 1 is 1.50 bits per heavy atom. The lowest BCUT2D eigenvalue weighted by Gasteiger charge is -2.01. The van der Waals surface area contributed by atoms with Crippen molar-refractivity contribution >= 4 is 0 Å². The van der Waals surface area contributed by atoms with Crippen LogP contribution in [0.4, 0.5) is 0 Å². The third-order valence-electron chi connectivity index (χ3n) is 1.85. The fourth-order valence-corrected chi connectivity index (χ4v) is 1.21. The highest BCUT2D eigenvalue weighted by Gasteiger charge is 2.04. The molecule has 0 aromatic carbocycles. The van der Waals surface area contributed by atoms with Gasteiger partial charge in [0.2, 0.25) is 0 Å². The van der Waals surface area contributed by atoms with Crippen molar-refractivity contribution < 1.29 is 0 Å². The van der Waals surface area contributed by atoms with Crippen LogP contribution >= 0.6 is 0 Å². The van der Waals surface area contributed by atoms with Gasteiger partial charge in [0.1, 0.15) is 11.8 Å². The Bertz CT molecular complexity index is 493. The van der Waals surface area contributed by atoms with Crippen LogP contribution in [0.5, 0.6) is 0 Å². The first kappa shape index (κ1) is 8.45. The Balaban J connectivity index is 2.57. The van der Waals surface area contributed by atoms with E-state index in [0.29, 0.717) is 11.4 Å². The molecule has 4 heteroatoms. The SMILES string of the molecule is Cc1cnn(-c2cccnc2C#N)c1. The molecule has 0 saturated heterocycles. The van der Waals surface area contributed by atoms with Gasteiger partial charge in [-0.15, -0.1) is 0 Å². The molecular formula is C10H8N4. The lowest BCUT2D eigenvalue weighted by atomic mass is 10.3. The van der Waals surface area contributed by atoms with Crippen LogP contribution in [0.3, 0.4) is 0 Å². The zero-order valence-electron chi connectivity index (χ0n) is 7.68. The van der Waals surface area contributed by atoms with Crippen LogP contribution in [-0.4, -0.2) is 14.8 Å². The van der Waals surface area contributed by atoms with E-state index in [4.69, 9.17) is 5.26 Å². The van der Waals surface area contributed by atoms with Gasteiger partial charge in [-0.05, 0) is 24.6 Å². The molecule has 2 rings (SSSR count). The van der Waals surface area contributed by atoms with Crippen LogP contribution in [0.15, 0.2) is 30.7 Å². The van der Waals surface area contributed by atoms with E-state index in [1.54, 1.807) is 23.1 Å². The standard InChI is InChI=1S/C10H8N4/c1-8-6-13-14(7-8)10-3-2-4-12-9(10)5-11/h2-4,6-7H,1H3. The van der Waals surface area contributed by atoms with Crippen molar-refractivity contribution in [2.75, 3.05) is 0 Å². The summed E-state index contributed by atoms with van der Waals surface area (Å²) < 4.78 is 1.65. The molecule has 68 valence electrons. The molecule has 0 saturated carbocycles. The fraction of sp³-hybridized carbons (Fsp3) is 0.100. The maximum absolute atomic E-state index is 8.83. The van der Waals surface area contributed by atoms with Crippen molar-refractivity contribution in [1.82, 2.24) is 14.8 Å². The Morgan fingerprint density at radius 2 is 2.36 bits per heavy atom. The molecular weight excluding hydrogens is 176 g/mol. The highest BCUT2D eigenvalue weighted by atomic mass is 15.3. The van der Waals surface area contributed by atoms with Crippen LogP contribution in [0, 0.1) is 18.3 Å². The molecule has 0 fully saturated rings. The zero-order valence-corrected chi connectivity index (χ0v) is 7.68. The molecule has 0 aliphatic heterocycles. The highest BCUT2D eigenvalue weighted by Crippen LogP contribution is 2.10. The van der Waals surface area contributed by atoms with Gasteiger partial charge in [0.05, 0.1) is 6.20 Å². The summed E-state index contributed by atoms with van der Waals surface area (Å²) in [6.45, 7) is 1.95. The number of aryl methyl sites for hydroxylation is 1. The second-order valence-corrected chi connectivity index (χ2v) is 2.95. The summed E-state index contributed by atoms with van der Waals surface area (Å²) in [5, 5.41) is 13.0. The summed E-state index contributed by atoms with van der Waals surface area (Å²) in [5.41, 5.74) is 2.15. The second-order valence-electron chi connectivity index (χ2n) is 2.95. The minimum atomic E-state index is 0.385. The van der Waals surface area contributed by atoms with E-state index < -0.39 is 0 Å². The molecule has 4 nitrogen and oxygen atoms in total. The molecule has 0 N–H and O–H groups in total. The van der Waals surface area contributed by atoms with Gasteiger partial charge < -0.3 is 0 Å². The summed E-state index contributed by atoms with van der Waals surface area (Å²) in [6.07, 6.45) is 5.20. The minimum Gasteiger partial charge on any atom is -0.243 e. The molecule has 14 heavy (non-hydrogen) atoms. The van der Waals surface area contributed by atoms with E-state index >= 15 is 0 Å². The summed E-state index contributed by atoms with van der Waals surface area (Å²) in [5.74, 6) is 0. The number of nitrogens with zero attached hydrogens (tertiary/aromatic N) is 4. The van der Waals surface area contributed by atoms with E-state index in [2.05, 4.69) is 10.1 Å². The highest BCUT2D eigenvalue weighted by molar-refractivity contribution is 5.43. The Hall–Kier alpha value is -2.15. The average molecular weight is 184 g/mol. The molecule has 0 aliphatic carbocycles. The molecule has 2 aromatic rings. The third kappa shape index (κ3) is 1.36. The minimum absolute atomic E-state index is 0.385. The van der Waals surface area contributed by atoms with Crippen molar-refractivity contribution in [3.63, 3.8) is 0 Å². The van der Waals surface area contributed by atoms with Gasteiger partial charge in [0.15, 0.2) is 5.69 Å². The third-order valence-corrected chi connectivity index (χ3v) is 1.85. The van der Waals surface area contributed by atoms with Gasteiger partial charge in [-0.3, -0.25) is 0 Å². The van der Waals surface area contributed by atoms with Crippen LogP contribution in [0.1, 0.15) is 11.3 Å². The van der Waals surface area contributed by atoms with Crippen LogP contribution in [0.25, 0.3) is 5.69 Å². The lowest BCUT2D eigenvalue weighted by molar-refractivity contribution is 0.869. The molecule has 0 atom stereocenters. The van der Waals surface area contributed by atoms with E-state index in [0.717, 1.165) is 5.56 Å². The largest absolute Gasteiger partial charge is 0.243 e. The van der Waals surface area contributed by atoms with Crippen molar-refractivity contribution in [3.8, 4) is 11.8 Å². The van der Waals surface area contributed by atoms with Gasteiger partial charge in [-0.2, -0.15) is 10.4 Å². The zero-order chi connectivity index (χ0) is 9.97. The number of nitriles is 1. The predicted molar refractivity (Wildman–Crippen MR) is 50.8 cm³/mol. The first-order valence-electron chi connectivity index (χ1n) is 4.18. The Kier molecular flexibility index (Phi) is 1.99. The van der Waals surface area contributed by atoms with Crippen LogP contribution in [-0.2, 0) is 0 Å². The van der Waals surface area contributed by atoms with E-state index in [1.807, 2.05) is 25.3 Å². The first-order chi connectivity index (χ1) is 6.81. The van der Waals surface area contributed by atoms with Crippen LogP contribution < -0.4 is 0 Å². The van der Waals surface area contributed by atoms with Crippen molar-refractivity contribution in [3.05, 3.63) is 42.0 Å². The maximum atomic E-state index is 8.83. The molecule has 0 amide bonds. The monoisotopic (exact) mass is 184 g/mol. The van der Waals surface area contributed by atoms with Crippen molar-refractivity contribution in [2.45, 2.75) is 6.92 Å². The molecule has 2 aromatic heterocycles. The van der Waals surface area contributed by atoms with Crippen molar-refractivity contribution in [1.29, 1.82) is 5.26 Å². The smallest absolute Gasteiger partial charge is 0.166 e. The summed E-state index contributed by atoms with van der Waals surface area (Å²) in [7, 11) is 0. The summed E-state index contributed by atoms with van der Waals surface area (Å²) >= 11 is 0.